The molecule has 0 radical (unpaired) electrons. The molecule has 2 N–H and O–H groups in total. The molecule has 2 aromatic carbocycles. The van der Waals surface area contributed by atoms with Crippen molar-refractivity contribution in [3.63, 3.8) is 0 Å². The van der Waals surface area contributed by atoms with E-state index in [1.165, 1.54) is 12.1 Å². The van der Waals surface area contributed by atoms with Gasteiger partial charge in [0.2, 0.25) is 0 Å². The first-order valence-electron chi connectivity index (χ1n) is 7.90. The van der Waals surface area contributed by atoms with Crippen molar-refractivity contribution >= 4 is 34.6 Å². The van der Waals surface area contributed by atoms with Crippen molar-refractivity contribution in [2.75, 3.05) is 19.0 Å². The van der Waals surface area contributed by atoms with Crippen molar-refractivity contribution in [1.29, 1.82) is 0 Å². The number of hydrogen-bond acceptors (Lipinski definition) is 3. The molecule has 9 heteroatoms. The van der Waals surface area contributed by atoms with Gasteiger partial charge in [0.15, 0.2) is 16.6 Å². The molecular weight excluding hydrogens is 401 g/mol. The summed E-state index contributed by atoms with van der Waals surface area (Å²) in [4.78, 5) is 0. The van der Waals surface area contributed by atoms with E-state index in [1.54, 1.807) is 19.2 Å². The quantitative estimate of drug-likeness (QED) is 0.637. The zero-order valence-electron chi connectivity index (χ0n) is 14.6. The van der Waals surface area contributed by atoms with E-state index in [9.17, 15) is 13.2 Å². The minimum absolute atomic E-state index is 0.168. The van der Waals surface area contributed by atoms with Gasteiger partial charge in [0, 0.05) is 5.69 Å². The van der Waals surface area contributed by atoms with Crippen LogP contribution in [0.3, 0.4) is 0 Å². The van der Waals surface area contributed by atoms with Gasteiger partial charge in [-0.1, -0.05) is 23.7 Å². The van der Waals surface area contributed by atoms with Crippen LogP contribution < -0.4 is 20.1 Å². The van der Waals surface area contributed by atoms with Crippen molar-refractivity contribution < 1.29 is 22.6 Å². The third-order valence-corrected chi connectivity index (χ3v) is 4.01. The highest BCUT2D eigenvalue weighted by atomic mass is 35.5. The van der Waals surface area contributed by atoms with E-state index < -0.39 is 11.7 Å². The number of benzene rings is 2. The van der Waals surface area contributed by atoms with Crippen LogP contribution in [0, 0.1) is 0 Å². The van der Waals surface area contributed by atoms with E-state index in [1.807, 2.05) is 19.1 Å². The molecule has 0 aliphatic carbocycles. The fourth-order valence-electron chi connectivity index (χ4n) is 2.21. The highest BCUT2D eigenvalue weighted by molar-refractivity contribution is 7.80. The molecule has 0 unspecified atom stereocenters. The SMILES string of the molecule is COc1ccccc1OC[C@H](C)NC(=S)Nc1ccc(Cl)c(C(F)(F)F)c1. The molecule has 0 aliphatic heterocycles. The minimum Gasteiger partial charge on any atom is -0.493 e. The van der Waals surface area contributed by atoms with Crippen molar-refractivity contribution in [3.05, 3.63) is 53.1 Å². The molecule has 1 atom stereocenters. The summed E-state index contributed by atoms with van der Waals surface area (Å²) in [5, 5.41) is 5.46. The zero-order chi connectivity index (χ0) is 20.0. The fraction of sp³-hybridized carbons (Fsp3) is 0.278. The van der Waals surface area contributed by atoms with Gasteiger partial charge in [-0.05, 0) is 49.5 Å². The molecule has 27 heavy (non-hydrogen) atoms. The van der Waals surface area contributed by atoms with E-state index in [0.29, 0.717) is 11.5 Å². The van der Waals surface area contributed by atoms with Crippen LogP contribution in [0.2, 0.25) is 5.02 Å². The monoisotopic (exact) mass is 418 g/mol. The van der Waals surface area contributed by atoms with Gasteiger partial charge in [0.25, 0.3) is 0 Å². The molecule has 0 aliphatic rings. The normalized spacial score (nSPS) is 12.2. The third kappa shape index (κ3) is 6.18. The molecule has 146 valence electrons. The highest BCUT2D eigenvalue weighted by Crippen LogP contribution is 2.36. The van der Waals surface area contributed by atoms with Crippen LogP contribution in [0.25, 0.3) is 0 Å². The predicted molar refractivity (Wildman–Crippen MR) is 104 cm³/mol. The number of para-hydroxylation sites is 2. The van der Waals surface area contributed by atoms with Crippen LogP contribution in [0.15, 0.2) is 42.5 Å². The lowest BCUT2D eigenvalue weighted by Crippen LogP contribution is -2.39. The van der Waals surface area contributed by atoms with E-state index in [0.717, 1.165) is 6.07 Å². The first-order chi connectivity index (χ1) is 12.7. The number of rotatable bonds is 6. The summed E-state index contributed by atoms with van der Waals surface area (Å²) in [7, 11) is 1.55. The summed E-state index contributed by atoms with van der Waals surface area (Å²) in [6, 6.07) is 10.5. The maximum atomic E-state index is 12.9. The van der Waals surface area contributed by atoms with Gasteiger partial charge < -0.3 is 20.1 Å². The lowest BCUT2D eigenvalue weighted by molar-refractivity contribution is -0.137. The second-order valence-electron chi connectivity index (χ2n) is 5.65. The van der Waals surface area contributed by atoms with Crippen molar-refractivity contribution in [2.24, 2.45) is 0 Å². The molecule has 0 saturated heterocycles. The van der Waals surface area contributed by atoms with E-state index in [4.69, 9.17) is 33.3 Å². The summed E-state index contributed by atoms with van der Waals surface area (Å²) in [5.41, 5.74) is -0.744. The number of hydrogen-bond donors (Lipinski definition) is 2. The van der Waals surface area contributed by atoms with Crippen LogP contribution in [-0.2, 0) is 6.18 Å². The van der Waals surface area contributed by atoms with Crippen LogP contribution in [0.1, 0.15) is 12.5 Å². The Labute approximate surface area is 165 Å². The van der Waals surface area contributed by atoms with Gasteiger partial charge in [-0.2, -0.15) is 13.2 Å². The molecule has 0 heterocycles. The van der Waals surface area contributed by atoms with E-state index >= 15 is 0 Å². The number of methoxy groups -OCH3 is 1. The summed E-state index contributed by atoms with van der Waals surface area (Å²) < 4.78 is 49.6. The molecule has 2 rings (SSSR count). The predicted octanol–water partition coefficient (Wildman–Crippen LogP) is 5.12. The lowest BCUT2D eigenvalue weighted by atomic mass is 10.2. The average molecular weight is 419 g/mol. The summed E-state index contributed by atoms with van der Waals surface area (Å²) in [6.45, 7) is 2.10. The summed E-state index contributed by atoms with van der Waals surface area (Å²) in [6.07, 6.45) is -4.54. The largest absolute Gasteiger partial charge is 0.493 e. The zero-order valence-corrected chi connectivity index (χ0v) is 16.1. The van der Waals surface area contributed by atoms with E-state index in [-0.39, 0.29) is 28.5 Å². The van der Waals surface area contributed by atoms with Crippen molar-refractivity contribution in [2.45, 2.75) is 19.1 Å². The topological polar surface area (TPSA) is 42.5 Å². The smallest absolute Gasteiger partial charge is 0.417 e. The third-order valence-electron chi connectivity index (χ3n) is 3.47. The van der Waals surface area contributed by atoms with Crippen molar-refractivity contribution in [3.8, 4) is 11.5 Å². The number of thiocarbonyl (C=S) groups is 1. The Kier molecular flexibility index (Phi) is 7.15. The van der Waals surface area contributed by atoms with Crippen LogP contribution in [0.5, 0.6) is 11.5 Å². The average Bonchev–Trinajstić information content (AvgIpc) is 2.60. The number of halogens is 4. The Morgan fingerprint density at radius 3 is 2.48 bits per heavy atom. The number of alkyl halides is 3. The Morgan fingerprint density at radius 2 is 1.85 bits per heavy atom. The van der Waals surface area contributed by atoms with Gasteiger partial charge in [0.05, 0.1) is 23.7 Å². The van der Waals surface area contributed by atoms with Gasteiger partial charge in [-0.15, -0.1) is 0 Å². The first kappa shape index (κ1) is 21.1. The number of anilines is 1. The standard InChI is InChI=1S/C18H18ClF3N2O2S/c1-11(10-26-16-6-4-3-5-15(16)25-2)23-17(27)24-12-7-8-14(19)13(9-12)18(20,21)22/h3-9,11H,10H2,1-2H3,(H2,23,24,27)/t11-/m0/s1. The molecule has 4 nitrogen and oxygen atoms in total. The van der Waals surface area contributed by atoms with Gasteiger partial charge >= 0.3 is 6.18 Å². The highest BCUT2D eigenvalue weighted by Gasteiger charge is 2.33. The Hall–Kier alpha value is -2.19. The minimum atomic E-state index is -4.54. The molecular formula is C18H18ClF3N2O2S. The van der Waals surface area contributed by atoms with Gasteiger partial charge in [0.1, 0.15) is 6.61 Å². The molecule has 0 bridgehead atoms. The van der Waals surface area contributed by atoms with Crippen LogP contribution in [0.4, 0.5) is 18.9 Å². The second kappa shape index (κ2) is 9.14. The molecule has 0 spiro atoms. The molecule has 0 aromatic heterocycles. The molecule has 0 saturated carbocycles. The summed E-state index contributed by atoms with van der Waals surface area (Å²) in [5.74, 6) is 1.19. The van der Waals surface area contributed by atoms with Crippen LogP contribution in [-0.4, -0.2) is 24.9 Å². The summed E-state index contributed by atoms with van der Waals surface area (Å²) >= 11 is 10.7. The lowest BCUT2D eigenvalue weighted by Gasteiger charge is -2.19. The second-order valence-corrected chi connectivity index (χ2v) is 6.47. The molecule has 0 amide bonds. The Bertz CT molecular complexity index is 802. The van der Waals surface area contributed by atoms with Gasteiger partial charge in [-0.25, -0.2) is 0 Å². The van der Waals surface area contributed by atoms with Crippen molar-refractivity contribution in [1.82, 2.24) is 5.32 Å². The Balaban J connectivity index is 1.92. The molecule has 0 fully saturated rings. The Morgan fingerprint density at radius 1 is 1.19 bits per heavy atom. The first-order valence-corrected chi connectivity index (χ1v) is 8.69. The van der Waals surface area contributed by atoms with E-state index in [2.05, 4.69) is 10.6 Å². The number of ether oxygens (including phenoxy) is 2. The maximum Gasteiger partial charge on any atom is 0.417 e. The maximum absolute atomic E-state index is 12.9. The van der Waals surface area contributed by atoms with Crippen LogP contribution >= 0.6 is 23.8 Å². The number of nitrogens with one attached hydrogen (secondary N) is 2. The van der Waals surface area contributed by atoms with Gasteiger partial charge in [-0.3, -0.25) is 0 Å². The fourth-order valence-corrected chi connectivity index (χ4v) is 2.75. The molecule has 2 aromatic rings.